The number of hydrogen-bond donors (Lipinski definition) is 0. The van der Waals surface area contributed by atoms with Crippen molar-refractivity contribution in [1.29, 1.82) is 0 Å². The first-order chi connectivity index (χ1) is 12.4. The number of rotatable bonds is 5. The standard InChI is InChI=1S/C21H18F4O/c1-2-3-4-5-6-17-8-12-18(20(22)15-17)11-7-16-9-13-19(14-10-16)26-21(23,24)25/h5-6,8-10,12-15H,2-4H2,1H3. The van der Waals surface area contributed by atoms with Crippen LogP contribution in [-0.2, 0) is 0 Å². The van der Waals surface area contributed by atoms with E-state index < -0.39 is 12.2 Å². The van der Waals surface area contributed by atoms with Crippen LogP contribution in [0.15, 0.2) is 48.5 Å². The molecule has 26 heavy (non-hydrogen) atoms. The smallest absolute Gasteiger partial charge is 0.406 e. The maximum absolute atomic E-state index is 14.1. The van der Waals surface area contributed by atoms with Gasteiger partial charge in [-0.1, -0.05) is 49.8 Å². The Morgan fingerprint density at radius 3 is 2.38 bits per heavy atom. The van der Waals surface area contributed by atoms with Gasteiger partial charge in [0.2, 0.25) is 0 Å². The Morgan fingerprint density at radius 2 is 1.77 bits per heavy atom. The van der Waals surface area contributed by atoms with Crippen molar-refractivity contribution in [2.45, 2.75) is 32.5 Å². The quantitative estimate of drug-likeness (QED) is 0.343. The van der Waals surface area contributed by atoms with Crippen molar-refractivity contribution in [3.05, 3.63) is 71.0 Å². The molecule has 0 saturated heterocycles. The van der Waals surface area contributed by atoms with Gasteiger partial charge in [-0.2, -0.15) is 0 Å². The normalized spacial score (nSPS) is 11.3. The Balaban J connectivity index is 2.06. The molecule has 0 fully saturated rings. The summed E-state index contributed by atoms with van der Waals surface area (Å²) in [7, 11) is 0. The van der Waals surface area contributed by atoms with Crippen molar-refractivity contribution >= 4 is 6.08 Å². The van der Waals surface area contributed by atoms with Crippen molar-refractivity contribution in [2.24, 2.45) is 0 Å². The molecule has 5 heteroatoms. The van der Waals surface area contributed by atoms with Crippen molar-refractivity contribution < 1.29 is 22.3 Å². The summed E-state index contributed by atoms with van der Waals surface area (Å²) in [6, 6.07) is 9.87. The molecule has 0 aliphatic heterocycles. The van der Waals surface area contributed by atoms with E-state index in [1.807, 2.05) is 12.2 Å². The lowest BCUT2D eigenvalue weighted by Gasteiger charge is -2.07. The SMILES string of the molecule is CCCCC=Cc1ccc(C#Cc2ccc(OC(F)(F)F)cc2)c(F)c1. The van der Waals surface area contributed by atoms with Crippen LogP contribution >= 0.6 is 0 Å². The van der Waals surface area contributed by atoms with Crippen LogP contribution in [0, 0.1) is 17.7 Å². The third kappa shape index (κ3) is 6.64. The van der Waals surface area contributed by atoms with Gasteiger partial charge in [0.25, 0.3) is 0 Å². The summed E-state index contributed by atoms with van der Waals surface area (Å²) in [5.74, 6) is 4.65. The molecule has 0 bridgehead atoms. The summed E-state index contributed by atoms with van der Waals surface area (Å²) in [6.45, 7) is 2.11. The van der Waals surface area contributed by atoms with Crippen LogP contribution in [0.3, 0.4) is 0 Å². The number of hydrogen-bond acceptors (Lipinski definition) is 1. The highest BCUT2D eigenvalue weighted by molar-refractivity contribution is 5.53. The van der Waals surface area contributed by atoms with Crippen molar-refractivity contribution in [2.75, 3.05) is 0 Å². The average molecular weight is 362 g/mol. The first-order valence-electron chi connectivity index (χ1n) is 8.21. The first kappa shape index (κ1) is 19.6. The average Bonchev–Trinajstić information content (AvgIpc) is 2.58. The van der Waals surface area contributed by atoms with Crippen molar-refractivity contribution in [1.82, 2.24) is 0 Å². The van der Waals surface area contributed by atoms with E-state index in [-0.39, 0.29) is 11.3 Å². The Labute approximate surface area is 150 Å². The molecular formula is C21H18F4O. The summed E-state index contributed by atoms with van der Waals surface area (Å²) in [4.78, 5) is 0. The fourth-order valence-electron chi connectivity index (χ4n) is 2.16. The molecule has 0 N–H and O–H groups in total. The minimum Gasteiger partial charge on any atom is -0.406 e. The number of unbranched alkanes of at least 4 members (excludes halogenated alkanes) is 2. The molecule has 0 aliphatic rings. The van der Waals surface area contributed by atoms with E-state index in [0.29, 0.717) is 5.56 Å². The van der Waals surface area contributed by atoms with E-state index in [9.17, 15) is 17.6 Å². The molecule has 0 heterocycles. The zero-order chi connectivity index (χ0) is 19.0. The Morgan fingerprint density at radius 1 is 1.04 bits per heavy atom. The lowest BCUT2D eigenvalue weighted by Crippen LogP contribution is -2.16. The fraction of sp³-hybridized carbons (Fsp3) is 0.238. The third-order valence-electron chi connectivity index (χ3n) is 3.46. The van der Waals surface area contributed by atoms with Crippen molar-refractivity contribution in [3.63, 3.8) is 0 Å². The zero-order valence-electron chi connectivity index (χ0n) is 14.2. The highest BCUT2D eigenvalue weighted by Gasteiger charge is 2.30. The second-order valence-corrected chi connectivity index (χ2v) is 5.61. The van der Waals surface area contributed by atoms with Crippen LogP contribution in [0.4, 0.5) is 17.6 Å². The minimum absolute atomic E-state index is 0.228. The second-order valence-electron chi connectivity index (χ2n) is 5.61. The van der Waals surface area contributed by atoms with Crippen LogP contribution in [0.1, 0.15) is 42.9 Å². The van der Waals surface area contributed by atoms with Crippen LogP contribution < -0.4 is 4.74 Å². The molecule has 2 aromatic carbocycles. The summed E-state index contributed by atoms with van der Waals surface area (Å²) in [6.07, 6.45) is 2.30. The van der Waals surface area contributed by atoms with Crippen molar-refractivity contribution in [3.8, 4) is 17.6 Å². The Kier molecular flexibility index (Phi) is 6.85. The van der Waals surface area contributed by atoms with Crippen LogP contribution in [0.2, 0.25) is 0 Å². The fourth-order valence-corrected chi connectivity index (χ4v) is 2.16. The maximum atomic E-state index is 14.1. The van der Waals surface area contributed by atoms with Gasteiger partial charge in [0.05, 0.1) is 5.56 Å². The molecule has 2 aromatic rings. The van der Waals surface area contributed by atoms with Gasteiger partial charge in [-0.05, 0) is 48.4 Å². The molecule has 0 amide bonds. The zero-order valence-corrected chi connectivity index (χ0v) is 14.2. The Hall–Kier alpha value is -2.74. The van der Waals surface area contributed by atoms with E-state index >= 15 is 0 Å². The van der Waals surface area contributed by atoms with Gasteiger partial charge in [-0.15, -0.1) is 13.2 Å². The van der Waals surface area contributed by atoms with E-state index in [1.54, 1.807) is 12.1 Å². The van der Waals surface area contributed by atoms with E-state index in [2.05, 4.69) is 23.5 Å². The monoisotopic (exact) mass is 362 g/mol. The number of ether oxygens (including phenoxy) is 1. The Bertz CT molecular complexity index is 809. The highest BCUT2D eigenvalue weighted by atomic mass is 19.4. The molecular weight excluding hydrogens is 344 g/mol. The van der Waals surface area contributed by atoms with Gasteiger partial charge in [0.1, 0.15) is 11.6 Å². The molecule has 136 valence electrons. The van der Waals surface area contributed by atoms with Gasteiger partial charge >= 0.3 is 6.36 Å². The van der Waals surface area contributed by atoms with Crippen LogP contribution in [0.5, 0.6) is 5.75 Å². The largest absolute Gasteiger partial charge is 0.573 e. The van der Waals surface area contributed by atoms with Crippen LogP contribution in [-0.4, -0.2) is 6.36 Å². The molecule has 0 saturated carbocycles. The number of benzene rings is 2. The van der Waals surface area contributed by atoms with Gasteiger partial charge in [0.15, 0.2) is 0 Å². The molecule has 1 nitrogen and oxygen atoms in total. The topological polar surface area (TPSA) is 9.23 Å². The molecule has 0 aliphatic carbocycles. The van der Waals surface area contributed by atoms with Gasteiger partial charge in [-0.3, -0.25) is 0 Å². The highest BCUT2D eigenvalue weighted by Crippen LogP contribution is 2.22. The molecule has 2 rings (SSSR count). The third-order valence-corrected chi connectivity index (χ3v) is 3.46. The lowest BCUT2D eigenvalue weighted by atomic mass is 10.1. The molecule has 0 radical (unpaired) electrons. The second kappa shape index (κ2) is 9.10. The maximum Gasteiger partial charge on any atom is 0.573 e. The van der Waals surface area contributed by atoms with Gasteiger partial charge in [0, 0.05) is 5.56 Å². The van der Waals surface area contributed by atoms with E-state index in [4.69, 9.17) is 0 Å². The lowest BCUT2D eigenvalue weighted by molar-refractivity contribution is -0.274. The van der Waals surface area contributed by atoms with E-state index in [1.165, 1.54) is 18.2 Å². The van der Waals surface area contributed by atoms with Crippen LogP contribution in [0.25, 0.3) is 6.08 Å². The predicted octanol–water partition coefficient (Wildman–Crippen LogP) is 6.33. The molecule has 0 atom stereocenters. The van der Waals surface area contributed by atoms with Gasteiger partial charge in [-0.25, -0.2) is 4.39 Å². The number of alkyl halides is 3. The molecule has 0 spiro atoms. The predicted molar refractivity (Wildman–Crippen MR) is 94.1 cm³/mol. The minimum atomic E-state index is -4.73. The first-order valence-corrected chi connectivity index (χ1v) is 8.21. The summed E-state index contributed by atoms with van der Waals surface area (Å²) in [5, 5.41) is 0. The molecule has 0 unspecified atom stereocenters. The summed E-state index contributed by atoms with van der Waals surface area (Å²) < 4.78 is 54.2. The molecule has 0 aromatic heterocycles. The summed E-state index contributed by atoms with van der Waals surface area (Å²) >= 11 is 0. The number of halogens is 4. The van der Waals surface area contributed by atoms with E-state index in [0.717, 1.165) is 37.0 Å². The summed E-state index contributed by atoms with van der Waals surface area (Å²) in [5.41, 5.74) is 1.45. The number of allylic oxidation sites excluding steroid dienone is 1. The van der Waals surface area contributed by atoms with Gasteiger partial charge < -0.3 is 4.74 Å².